The monoisotopic (exact) mass is 167 g/mol. The van der Waals surface area contributed by atoms with E-state index >= 15 is 0 Å². The average molecular weight is 168 g/mol. The summed E-state index contributed by atoms with van der Waals surface area (Å²) in [5.41, 5.74) is 1.80. The molecular formula is C7H6ClN3. The lowest BCUT2D eigenvalue weighted by molar-refractivity contribution is 0.922. The van der Waals surface area contributed by atoms with Crippen LogP contribution in [0.3, 0.4) is 0 Å². The van der Waals surface area contributed by atoms with E-state index in [0.717, 1.165) is 11.2 Å². The van der Waals surface area contributed by atoms with E-state index < -0.39 is 0 Å². The Morgan fingerprint density at radius 3 is 3.09 bits per heavy atom. The van der Waals surface area contributed by atoms with Crippen LogP contribution in [-0.4, -0.2) is 14.6 Å². The normalized spacial score (nSPS) is 10.7. The maximum atomic E-state index is 5.80. The van der Waals surface area contributed by atoms with Gasteiger partial charge in [0.15, 0.2) is 5.15 Å². The Kier molecular flexibility index (Phi) is 1.32. The van der Waals surface area contributed by atoms with Crippen molar-refractivity contribution in [3.8, 4) is 0 Å². The van der Waals surface area contributed by atoms with Gasteiger partial charge >= 0.3 is 0 Å². The van der Waals surface area contributed by atoms with Crippen LogP contribution in [0.15, 0.2) is 18.5 Å². The van der Waals surface area contributed by atoms with Crippen molar-refractivity contribution in [2.75, 3.05) is 0 Å². The summed E-state index contributed by atoms with van der Waals surface area (Å²) in [6.07, 6.45) is 3.40. The maximum Gasteiger partial charge on any atom is 0.154 e. The number of hydrogen-bond acceptors (Lipinski definition) is 2. The van der Waals surface area contributed by atoms with Gasteiger partial charge in [-0.3, -0.25) is 0 Å². The third-order valence-electron chi connectivity index (χ3n) is 1.47. The molecule has 0 saturated carbocycles. The van der Waals surface area contributed by atoms with Gasteiger partial charge in [0, 0.05) is 12.4 Å². The highest BCUT2D eigenvalue weighted by Crippen LogP contribution is 2.13. The van der Waals surface area contributed by atoms with Crippen LogP contribution in [0.4, 0.5) is 0 Å². The van der Waals surface area contributed by atoms with Gasteiger partial charge in [0.1, 0.15) is 5.52 Å². The Morgan fingerprint density at radius 2 is 2.36 bits per heavy atom. The highest BCUT2D eigenvalue weighted by Gasteiger charge is 2.00. The van der Waals surface area contributed by atoms with Crippen molar-refractivity contribution >= 4 is 17.1 Å². The third kappa shape index (κ3) is 0.973. The molecule has 2 rings (SSSR count). The molecule has 3 nitrogen and oxygen atoms in total. The summed E-state index contributed by atoms with van der Waals surface area (Å²) in [6.45, 7) is 1.92. The summed E-state index contributed by atoms with van der Waals surface area (Å²) >= 11 is 5.80. The van der Waals surface area contributed by atoms with Gasteiger partial charge in [0.2, 0.25) is 0 Å². The van der Waals surface area contributed by atoms with E-state index in [0.29, 0.717) is 5.15 Å². The maximum absolute atomic E-state index is 5.80. The number of fused-ring (bicyclic) bond motifs is 1. The molecule has 2 aromatic rings. The van der Waals surface area contributed by atoms with E-state index in [1.165, 1.54) is 0 Å². The van der Waals surface area contributed by atoms with Crippen LogP contribution in [-0.2, 0) is 0 Å². The number of aromatic nitrogens is 3. The van der Waals surface area contributed by atoms with Crippen LogP contribution in [0.5, 0.6) is 0 Å². The van der Waals surface area contributed by atoms with Crippen LogP contribution in [0.1, 0.15) is 5.69 Å². The Hall–Kier alpha value is -1.09. The lowest BCUT2D eigenvalue weighted by Gasteiger charge is -1.91. The van der Waals surface area contributed by atoms with Crippen molar-refractivity contribution in [3.05, 3.63) is 29.3 Å². The molecule has 0 aromatic carbocycles. The molecule has 0 bridgehead atoms. The van der Waals surface area contributed by atoms with Gasteiger partial charge in [-0.25, -0.2) is 9.50 Å². The quantitative estimate of drug-likeness (QED) is 0.598. The molecule has 0 unspecified atom stereocenters. The van der Waals surface area contributed by atoms with Gasteiger partial charge in [-0.15, -0.1) is 0 Å². The summed E-state index contributed by atoms with van der Waals surface area (Å²) in [4.78, 5) is 3.93. The second-order valence-corrected chi connectivity index (χ2v) is 2.69. The highest BCUT2D eigenvalue weighted by molar-refractivity contribution is 6.32. The van der Waals surface area contributed by atoms with Crippen molar-refractivity contribution in [1.29, 1.82) is 0 Å². The van der Waals surface area contributed by atoms with E-state index in [4.69, 9.17) is 11.6 Å². The predicted molar refractivity (Wildman–Crippen MR) is 42.7 cm³/mol. The minimum Gasteiger partial charge on any atom is -0.241 e. The second kappa shape index (κ2) is 2.20. The molecule has 0 saturated heterocycles. The minimum absolute atomic E-state index is 0.494. The highest BCUT2D eigenvalue weighted by atomic mass is 35.5. The Morgan fingerprint density at radius 1 is 1.55 bits per heavy atom. The van der Waals surface area contributed by atoms with Gasteiger partial charge in [-0.2, -0.15) is 5.10 Å². The lowest BCUT2D eigenvalue weighted by Crippen LogP contribution is -1.87. The zero-order chi connectivity index (χ0) is 7.84. The van der Waals surface area contributed by atoms with Crippen molar-refractivity contribution in [2.45, 2.75) is 6.92 Å². The average Bonchev–Trinajstić information content (AvgIpc) is 2.31. The molecule has 0 fully saturated rings. The number of rotatable bonds is 0. The summed E-state index contributed by atoms with van der Waals surface area (Å²) < 4.78 is 1.71. The number of hydrogen-bond donors (Lipinski definition) is 0. The van der Waals surface area contributed by atoms with Crippen molar-refractivity contribution in [1.82, 2.24) is 14.6 Å². The van der Waals surface area contributed by atoms with Crippen LogP contribution < -0.4 is 0 Å². The van der Waals surface area contributed by atoms with Crippen LogP contribution >= 0.6 is 11.6 Å². The van der Waals surface area contributed by atoms with Gasteiger partial charge in [-0.1, -0.05) is 11.6 Å². The molecule has 0 aliphatic heterocycles. The van der Waals surface area contributed by atoms with E-state index in [9.17, 15) is 0 Å². The first-order valence-corrected chi connectivity index (χ1v) is 3.61. The first-order chi connectivity index (χ1) is 5.27. The molecule has 2 heterocycles. The molecule has 0 spiro atoms. The zero-order valence-corrected chi connectivity index (χ0v) is 6.71. The summed E-state index contributed by atoms with van der Waals surface area (Å²) in [6, 6.07) is 1.90. The molecule has 2 aromatic heterocycles. The van der Waals surface area contributed by atoms with Gasteiger partial charge < -0.3 is 0 Å². The molecule has 0 radical (unpaired) electrons. The largest absolute Gasteiger partial charge is 0.241 e. The van der Waals surface area contributed by atoms with E-state index in [-0.39, 0.29) is 0 Å². The van der Waals surface area contributed by atoms with Crippen molar-refractivity contribution < 1.29 is 0 Å². The van der Waals surface area contributed by atoms with E-state index in [1.54, 1.807) is 16.9 Å². The van der Waals surface area contributed by atoms with Gasteiger partial charge in [0.25, 0.3) is 0 Å². The van der Waals surface area contributed by atoms with Gasteiger partial charge in [-0.05, 0) is 13.0 Å². The molecule has 0 aliphatic rings. The fraction of sp³-hybridized carbons (Fsp3) is 0.143. The summed E-state index contributed by atoms with van der Waals surface area (Å²) in [5, 5.41) is 4.66. The van der Waals surface area contributed by atoms with Crippen LogP contribution in [0.2, 0.25) is 5.15 Å². The van der Waals surface area contributed by atoms with Gasteiger partial charge in [0.05, 0.1) is 5.69 Å². The second-order valence-electron chi connectivity index (χ2n) is 2.33. The molecule has 0 N–H and O–H groups in total. The molecule has 56 valence electrons. The Balaban J connectivity index is 2.90. The molecule has 0 atom stereocenters. The number of aryl methyl sites for hydroxylation is 1. The first-order valence-electron chi connectivity index (χ1n) is 3.24. The standard InChI is InChI=1S/C7H6ClN3/c1-5-4-6-7(8)9-2-3-11(6)10-5/h2-4H,1H3. The fourth-order valence-electron chi connectivity index (χ4n) is 1.01. The van der Waals surface area contributed by atoms with E-state index in [2.05, 4.69) is 10.1 Å². The molecule has 4 heteroatoms. The van der Waals surface area contributed by atoms with Crippen molar-refractivity contribution in [2.24, 2.45) is 0 Å². The predicted octanol–water partition coefficient (Wildman–Crippen LogP) is 1.69. The molecule has 0 amide bonds. The summed E-state index contributed by atoms with van der Waals surface area (Å²) in [5.74, 6) is 0. The molecule has 0 aliphatic carbocycles. The zero-order valence-electron chi connectivity index (χ0n) is 5.95. The topological polar surface area (TPSA) is 30.2 Å². The molecule has 11 heavy (non-hydrogen) atoms. The SMILES string of the molecule is Cc1cc2c(Cl)nccn2n1. The third-order valence-corrected chi connectivity index (χ3v) is 1.76. The van der Waals surface area contributed by atoms with Crippen LogP contribution in [0, 0.1) is 6.92 Å². The minimum atomic E-state index is 0.494. The Labute approximate surface area is 68.6 Å². The smallest absolute Gasteiger partial charge is 0.154 e. The first kappa shape index (κ1) is 6.61. The Bertz CT molecular complexity index is 393. The van der Waals surface area contributed by atoms with Crippen molar-refractivity contribution in [3.63, 3.8) is 0 Å². The van der Waals surface area contributed by atoms with E-state index in [1.807, 2.05) is 13.0 Å². The summed E-state index contributed by atoms with van der Waals surface area (Å²) in [7, 11) is 0. The number of nitrogens with zero attached hydrogens (tertiary/aromatic N) is 3. The van der Waals surface area contributed by atoms with Crippen LogP contribution in [0.25, 0.3) is 5.52 Å². The number of halogens is 1. The lowest BCUT2D eigenvalue weighted by atomic mass is 10.4. The fourth-order valence-corrected chi connectivity index (χ4v) is 1.21. The molecular weight excluding hydrogens is 162 g/mol.